The van der Waals surface area contributed by atoms with E-state index in [9.17, 15) is 17.5 Å². The minimum atomic E-state index is -3.51. The number of rotatable bonds is 4. The molecule has 20 heavy (non-hydrogen) atoms. The lowest BCUT2D eigenvalue weighted by Gasteiger charge is -2.40. The Balaban J connectivity index is 2.03. The second-order valence-electron chi connectivity index (χ2n) is 4.51. The van der Waals surface area contributed by atoms with Crippen molar-refractivity contribution in [2.75, 3.05) is 35.8 Å². The zero-order valence-electron chi connectivity index (χ0n) is 11.0. The predicted octanol–water partition coefficient (Wildman–Crippen LogP) is 0.523. The summed E-state index contributed by atoms with van der Waals surface area (Å²) in [4.78, 5) is 10.2. The largest absolute Gasteiger partial charge is 0.338 e. The van der Waals surface area contributed by atoms with Gasteiger partial charge in [0.2, 0.25) is 5.95 Å². The van der Waals surface area contributed by atoms with E-state index in [-0.39, 0.29) is 6.61 Å². The molecule has 0 bridgehead atoms. The highest BCUT2D eigenvalue weighted by Crippen LogP contribution is 2.40. The summed E-state index contributed by atoms with van der Waals surface area (Å²) < 4.78 is 45.7. The molecular weight excluding hydrogens is 306 g/mol. The molecule has 0 spiro atoms. The van der Waals surface area contributed by atoms with E-state index in [1.54, 1.807) is 6.07 Å². The summed E-state index contributed by atoms with van der Waals surface area (Å²) in [5, 5.41) is 0. The topological polar surface area (TPSA) is 113 Å². The van der Waals surface area contributed by atoms with Crippen molar-refractivity contribution in [2.45, 2.75) is 6.61 Å². The first-order chi connectivity index (χ1) is 9.25. The van der Waals surface area contributed by atoms with Gasteiger partial charge in [-0.3, -0.25) is 13.3 Å². The molecule has 0 aromatic carbocycles. The Morgan fingerprint density at radius 1 is 1.40 bits per heavy atom. The Kier molecular flexibility index (Phi) is 4.49. The van der Waals surface area contributed by atoms with Crippen molar-refractivity contribution in [1.29, 1.82) is 0 Å². The zero-order valence-corrected chi connectivity index (χ0v) is 12.6. The number of aromatic nitrogens is 2. The molecule has 0 unspecified atom stereocenters. The van der Waals surface area contributed by atoms with Gasteiger partial charge in [-0.2, -0.15) is 19.0 Å². The van der Waals surface area contributed by atoms with E-state index < -0.39 is 20.7 Å². The summed E-state index contributed by atoms with van der Waals surface area (Å²) in [5.74, 6) is 1.02. The summed E-state index contributed by atoms with van der Waals surface area (Å²) >= 11 is 0. The molecule has 1 aliphatic heterocycles. The maximum absolute atomic E-state index is 10.9. The first kappa shape index (κ1) is 15.4. The normalized spacial score (nSPS) is 20.6. The molecule has 114 valence electrons. The van der Waals surface area contributed by atoms with Crippen LogP contribution in [0.4, 0.5) is 5.95 Å². The lowest BCUT2D eigenvalue weighted by molar-refractivity contribution is 0.307. The van der Waals surface area contributed by atoms with Crippen molar-refractivity contribution in [3.05, 3.63) is 18.0 Å². The van der Waals surface area contributed by atoms with Gasteiger partial charge < -0.3 is 4.90 Å². The fraction of sp³-hybridized carbons (Fsp3) is 0.600. The molecule has 0 amide bonds. The molecule has 10 heteroatoms. The molecule has 1 saturated heterocycles. The van der Waals surface area contributed by atoms with Crippen LogP contribution in [0.1, 0.15) is 5.69 Å². The Hall–Kier alpha value is -0.940. The van der Waals surface area contributed by atoms with Gasteiger partial charge in [-0.25, -0.2) is 9.97 Å². The molecule has 1 aliphatic rings. The summed E-state index contributed by atoms with van der Waals surface area (Å²) in [6.07, 6.45) is 2.50. The van der Waals surface area contributed by atoms with Crippen LogP contribution in [0, 0.1) is 0 Å². The minimum absolute atomic E-state index is 0.141. The number of anilines is 1. The summed E-state index contributed by atoms with van der Waals surface area (Å²) in [6, 6.07) is 1.58. The van der Waals surface area contributed by atoms with E-state index in [4.69, 9.17) is 0 Å². The van der Waals surface area contributed by atoms with Crippen molar-refractivity contribution in [3.8, 4) is 0 Å². The Morgan fingerprint density at radius 2 is 2.05 bits per heavy atom. The van der Waals surface area contributed by atoms with Crippen LogP contribution in [0.5, 0.6) is 0 Å². The average molecular weight is 323 g/mol. The first-order valence-electron chi connectivity index (χ1n) is 5.90. The van der Waals surface area contributed by atoms with Crippen LogP contribution in [0.3, 0.4) is 0 Å². The van der Waals surface area contributed by atoms with Crippen LogP contribution in [-0.2, 0) is 20.9 Å². The lowest BCUT2D eigenvalue weighted by atomic mass is 10.4. The molecule has 0 radical (unpaired) electrons. The van der Waals surface area contributed by atoms with Gasteiger partial charge in [-0.1, -0.05) is 0 Å². The zero-order chi connectivity index (χ0) is 14.8. The van der Waals surface area contributed by atoms with Crippen LogP contribution >= 0.6 is 10.6 Å². The third-order valence-corrected chi connectivity index (χ3v) is 5.00. The fourth-order valence-corrected chi connectivity index (χ4v) is 3.28. The molecule has 1 aromatic rings. The van der Waals surface area contributed by atoms with Crippen LogP contribution in [0.25, 0.3) is 0 Å². The molecule has 2 heterocycles. The Morgan fingerprint density at radius 3 is 2.65 bits per heavy atom. The number of hydrogen-bond donors (Lipinski definition) is 2. The summed E-state index contributed by atoms with van der Waals surface area (Å²) in [7, 11) is -5.98. The molecule has 1 fully saturated rings. The smallest absolute Gasteiger partial charge is 0.264 e. The van der Waals surface area contributed by atoms with E-state index in [2.05, 4.69) is 14.2 Å². The second kappa shape index (κ2) is 5.82. The Bertz CT molecular complexity index is 568. The van der Waals surface area contributed by atoms with Crippen molar-refractivity contribution < 1.29 is 21.7 Å². The van der Waals surface area contributed by atoms with E-state index in [1.165, 1.54) is 6.20 Å². The van der Waals surface area contributed by atoms with Gasteiger partial charge in [-0.05, 0) is 6.07 Å². The van der Waals surface area contributed by atoms with Crippen LogP contribution in [0.2, 0.25) is 0 Å². The number of hydrogen-bond acceptors (Lipinski definition) is 8. The average Bonchev–Trinajstić information content (AvgIpc) is 2.36. The highest BCUT2D eigenvalue weighted by Gasteiger charge is 2.23. The summed E-state index contributed by atoms with van der Waals surface area (Å²) in [6.45, 7) is 0.773. The van der Waals surface area contributed by atoms with E-state index in [1.807, 2.05) is 4.90 Å². The first-order valence-corrected chi connectivity index (χ1v) is 9.60. The molecule has 1 aromatic heterocycles. The van der Waals surface area contributed by atoms with E-state index in [0.717, 1.165) is 6.26 Å². The van der Waals surface area contributed by atoms with Gasteiger partial charge in [0.05, 0.1) is 23.5 Å². The monoisotopic (exact) mass is 323 g/mol. The van der Waals surface area contributed by atoms with Gasteiger partial charge >= 0.3 is 0 Å². The molecule has 0 aliphatic carbocycles. The third kappa shape index (κ3) is 4.56. The molecule has 2 N–H and O–H groups in total. The molecule has 0 atom stereocenters. The van der Waals surface area contributed by atoms with Gasteiger partial charge in [0.25, 0.3) is 10.1 Å². The minimum Gasteiger partial charge on any atom is -0.338 e. The molecule has 2 rings (SSSR count). The van der Waals surface area contributed by atoms with E-state index in [0.29, 0.717) is 36.2 Å². The molecule has 8 nitrogen and oxygen atoms in total. The maximum atomic E-state index is 10.9. The number of nitrogens with zero attached hydrogens (tertiary/aromatic N) is 3. The standard InChI is InChI=1S/C10H17N3O5S2/c1-19(14,15)18-8-9-2-3-11-10(12-9)13-4-6-20(16,17)7-5-13/h2-3,16-17H,4-8H2,1H3. The van der Waals surface area contributed by atoms with Gasteiger partial charge in [0.15, 0.2) is 0 Å². The van der Waals surface area contributed by atoms with Crippen LogP contribution < -0.4 is 4.90 Å². The predicted molar refractivity (Wildman–Crippen MR) is 76.5 cm³/mol. The maximum Gasteiger partial charge on any atom is 0.264 e. The van der Waals surface area contributed by atoms with Gasteiger partial charge in [-0.15, -0.1) is 0 Å². The van der Waals surface area contributed by atoms with Gasteiger partial charge in [0, 0.05) is 19.3 Å². The highest BCUT2D eigenvalue weighted by atomic mass is 32.3. The Labute approximate surface area is 119 Å². The third-order valence-electron chi connectivity index (χ3n) is 2.78. The lowest BCUT2D eigenvalue weighted by Crippen LogP contribution is -2.39. The van der Waals surface area contributed by atoms with Crippen molar-refractivity contribution in [1.82, 2.24) is 9.97 Å². The highest BCUT2D eigenvalue weighted by molar-refractivity contribution is 8.24. The SMILES string of the molecule is CS(=O)(=O)OCc1ccnc(N2CCS(O)(O)CC2)n1. The van der Waals surface area contributed by atoms with Crippen molar-refractivity contribution >= 4 is 26.7 Å². The van der Waals surface area contributed by atoms with Gasteiger partial charge in [0.1, 0.15) is 6.61 Å². The van der Waals surface area contributed by atoms with Crippen LogP contribution in [-0.4, -0.2) is 58.3 Å². The van der Waals surface area contributed by atoms with Crippen LogP contribution in [0.15, 0.2) is 12.3 Å². The van der Waals surface area contributed by atoms with Crippen molar-refractivity contribution in [2.24, 2.45) is 0 Å². The fourth-order valence-electron chi connectivity index (χ4n) is 1.71. The van der Waals surface area contributed by atoms with E-state index >= 15 is 0 Å². The summed E-state index contributed by atoms with van der Waals surface area (Å²) in [5.41, 5.74) is 0.456. The second-order valence-corrected chi connectivity index (χ2v) is 8.58. The quantitative estimate of drug-likeness (QED) is 0.771. The molecule has 0 saturated carbocycles. The van der Waals surface area contributed by atoms with Crippen molar-refractivity contribution in [3.63, 3.8) is 0 Å². The molecular formula is C10H17N3O5S2.